The molecule has 1 N–H and O–H groups in total. The van der Waals surface area contributed by atoms with Crippen LogP contribution in [0.5, 0.6) is 11.6 Å². The van der Waals surface area contributed by atoms with Gasteiger partial charge in [0.1, 0.15) is 5.75 Å². The predicted molar refractivity (Wildman–Crippen MR) is 52.5 cm³/mol. The van der Waals surface area contributed by atoms with E-state index in [4.69, 9.17) is 14.6 Å². The highest BCUT2D eigenvalue weighted by atomic mass is 16.5. The fraction of sp³-hybridized carbons (Fsp3) is 0.500. The summed E-state index contributed by atoms with van der Waals surface area (Å²) >= 11 is 0. The highest BCUT2D eigenvalue weighted by Gasteiger charge is 2.05. The van der Waals surface area contributed by atoms with E-state index in [1.54, 1.807) is 12.3 Å². The summed E-state index contributed by atoms with van der Waals surface area (Å²) in [5, 5.41) is 9.01. The number of aliphatic hydroxyl groups is 1. The van der Waals surface area contributed by atoms with Crippen LogP contribution >= 0.6 is 0 Å². The molecule has 0 atom stereocenters. The maximum absolute atomic E-state index is 9.01. The van der Waals surface area contributed by atoms with Gasteiger partial charge in [0.05, 0.1) is 19.8 Å². The highest BCUT2D eigenvalue weighted by Crippen LogP contribution is 2.22. The largest absolute Gasteiger partial charge is 0.493 e. The van der Waals surface area contributed by atoms with Crippen molar-refractivity contribution in [2.75, 3.05) is 13.2 Å². The minimum atomic E-state index is -0.0747. The van der Waals surface area contributed by atoms with Crippen molar-refractivity contribution in [3.05, 3.63) is 17.8 Å². The first-order valence-electron chi connectivity index (χ1n) is 4.67. The summed E-state index contributed by atoms with van der Waals surface area (Å²) in [6.07, 6.45) is 1.57. The molecule has 0 unspecified atom stereocenters. The molecule has 0 bridgehead atoms. The Labute approximate surface area is 83.5 Å². The van der Waals surface area contributed by atoms with Crippen molar-refractivity contribution in [1.29, 1.82) is 0 Å². The highest BCUT2D eigenvalue weighted by molar-refractivity contribution is 5.35. The standard InChI is InChI=1S/C10H15NO3/c1-3-13-9-5-10(14-4-2)11-6-8(9)7-12/h5-6,12H,3-4,7H2,1-2H3. The molecule has 4 nitrogen and oxygen atoms in total. The van der Waals surface area contributed by atoms with E-state index in [1.165, 1.54) is 0 Å². The van der Waals surface area contributed by atoms with Crippen LogP contribution in [0.3, 0.4) is 0 Å². The van der Waals surface area contributed by atoms with E-state index in [0.717, 1.165) is 0 Å². The van der Waals surface area contributed by atoms with Crippen LogP contribution in [0, 0.1) is 0 Å². The summed E-state index contributed by atoms with van der Waals surface area (Å²) in [4.78, 5) is 4.02. The number of ether oxygens (including phenoxy) is 2. The smallest absolute Gasteiger partial charge is 0.216 e. The van der Waals surface area contributed by atoms with Gasteiger partial charge in [-0.3, -0.25) is 0 Å². The predicted octanol–water partition coefficient (Wildman–Crippen LogP) is 1.37. The number of pyridine rings is 1. The third kappa shape index (κ3) is 2.60. The van der Waals surface area contributed by atoms with Gasteiger partial charge in [-0.25, -0.2) is 4.98 Å². The molecule has 1 aromatic heterocycles. The van der Waals surface area contributed by atoms with Gasteiger partial charge in [-0.15, -0.1) is 0 Å². The fourth-order valence-corrected chi connectivity index (χ4v) is 1.08. The van der Waals surface area contributed by atoms with Crippen LogP contribution in [-0.2, 0) is 6.61 Å². The minimum Gasteiger partial charge on any atom is -0.493 e. The molecule has 0 aliphatic carbocycles. The van der Waals surface area contributed by atoms with Crippen LogP contribution in [0.15, 0.2) is 12.3 Å². The Morgan fingerprint density at radius 3 is 2.57 bits per heavy atom. The second-order valence-corrected chi connectivity index (χ2v) is 2.65. The van der Waals surface area contributed by atoms with Gasteiger partial charge in [0.25, 0.3) is 0 Å². The summed E-state index contributed by atoms with van der Waals surface area (Å²) in [6.45, 7) is 4.83. The van der Waals surface area contributed by atoms with Gasteiger partial charge in [0.2, 0.25) is 5.88 Å². The Morgan fingerprint density at radius 2 is 2.00 bits per heavy atom. The Bertz CT molecular complexity index is 289. The first kappa shape index (κ1) is 10.8. The first-order valence-corrected chi connectivity index (χ1v) is 4.67. The van der Waals surface area contributed by atoms with Crippen molar-refractivity contribution in [3.8, 4) is 11.6 Å². The molecular formula is C10H15NO3. The quantitative estimate of drug-likeness (QED) is 0.774. The second kappa shape index (κ2) is 5.44. The summed E-state index contributed by atoms with van der Waals surface area (Å²) in [6, 6.07) is 1.69. The molecule has 78 valence electrons. The Morgan fingerprint density at radius 1 is 1.29 bits per heavy atom. The number of hydrogen-bond acceptors (Lipinski definition) is 4. The average molecular weight is 197 g/mol. The normalized spacial score (nSPS) is 9.93. The monoisotopic (exact) mass is 197 g/mol. The molecule has 0 saturated carbocycles. The van der Waals surface area contributed by atoms with E-state index in [-0.39, 0.29) is 6.61 Å². The molecule has 4 heteroatoms. The van der Waals surface area contributed by atoms with E-state index in [9.17, 15) is 0 Å². The molecule has 0 spiro atoms. The number of aliphatic hydroxyl groups excluding tert-OH is 1. The lowest BCUT2D eigenvalue weighted by Gasteiger charge is -2.09. The molecule has 1 aromatic rings. The molecular weight excluding hydrogens is 182 g/mol. The van der Waals surface area contributed by atoms with E-state index < -0.39 is 0 Å². The van der Waals surface area contributed by atoms with Crippen molar-refractivity contribution >= 4 is 0 Å². The molecule has 1 rings (SSSR count). The summed E-state index contributed by atoms with van der Waals surface area (Å²) < 4.78 is 10.6. The number of nitrogens with zero attached hydrogens (tertiary/aromatic N) is 1. The Kier molecular flexibility index (Phi) is 4.19. The Balaban J connectivity index is 2.88. The molecule has 1 heterocycles. The maximum Gasteiger partial charge on any atom is 0.216 e. The first-order chi connectivity index (χ1) is 6.81. The summed E-state index contributed by atoms with van der Waals surface area (Å²) in [5.41, 5.74) is 0.676. The third-order valence-corrected chi connectivity index (χ3v) is 1.68. The SMILES string of the molecule is CCOc1cc(OCC)c(CO)cn1. The zero-order valence-electron chi connectivity index (χ0n) is 8.49. The van der Waals surface area contributed by atoms with Crippen LogP contribution in [0.2, 0.25) is 0 Å². The van der Waals surface area contributed by atoms with E-state index in [2.05, 4.69) is 4.98 Å². The van der Waals surface area contributed by atoms with Gasteiger partial charge in [0.15, 0.2) is 0 Å². The molecule has 0 amide bonds. The molecule has 0 radical (unpaired) electrons. The zero-order chi connectivity index (χ0) is 10.4. The molecule has 0 aromatic carbocycles. The molecule has 0 aliphatic rings. The van der Waals surface area contributed by atoms with E-state index in [1.807, 2.05) is 13.8 Å². The maximum atomic E-state index is 9.01. The number of hydrogen-bond donors (Lipinski definition) is 1. The average Bonchev–Trinajstić information content (AvgIpc) is 2.19. The molecule has 0 fully saturated rings. The van der Waals surface area contributed by atoms with Gasteiger partial charge in [-0.1, -0.05) is 0 Å². The number of aromatic nitrogens is 1. The molecule has 0 aliphatic heterocycles. The van der Waals surface area contributed by atoms with E-state index in [0.29, 0.717) is 30.4 Å². The number of rotatable bonds is 5. The van der Waals surface area contributed by atoms with Gasteiger partial charge < -0.3 is 14.6 Å². The van der Waals surface area contributed by atoms with Crippen molar-refractivity contribution < 1.29 is 14.6 Å². The summed E-state index contributed by atoms with van der Waals surface area (Å²) in [7, 11) is 0. The third-order valence-electron chi connectivity index (χ3n) is 1.68. The van der Waals surface area contributed by atoms with Crippen LogP contribution in [-0.4, -0.2) is 23.3 Å². The van der Waals surface area contributed by atoms with Crippen LogP contribution < -0.4 is 9.47 Å². The molecule has 0 saturated heterocycles. The fourth-order valence-electron chi connectivity index (χ4n) is 1.08. The lowest BCUT2D eigenvalue weighted by Crippen LogP contribution is -2.00. The lowest BCUT2D eigenvalue weighted by molar-refractivity contribution is 0.263. The second-order valence-electron chi connectivity index (χ2n) is 2.65. The summed E-state index contributed by atoms with van der Waals surface area (Å²) in [5.74, 6) is 1.15. The van der Waals surface area contributed by atoms with Crippen molar-refractivity contribution in [1.82, 2.24) is 4.98 Å². The lowest BCUT2D eigenvalue weighted by atomic mass is 10.3. The topological polar surface area (TPSA) is 51.6 Å². The molecule has 14 heavy (non-hydrogen) atoms. The Hall–Kier alpha value is -1.29. The van der Waals surface area contributed by atoms with Crippen molar-refractivity contribution in [2.45, 2.75) is 20.5 Å². The zero-order valence-corrected chi connectivity index (χ0v) is 8.49. The van der Waals surface area contributed by atoms with Crippen LogP contribution in [0.4, 0.5) is 0 Å². The van der Waals surface area contributed by atoms with Crippen LogP contribution in [0.25, 0.3) is 0 Å². The van der Waals surface area contributed by atoms with Gasteiger partial charge in [-0.2, -0.15) is 0 Å². The van der Waals surface area contributed by atoms with Gasteiger partial charge in [-0.05, 0) is 13.8 Å². The van der Waals surface area contributed by atoms with Gasteiger partial charge >= 0.3 is 0 Å². The van der Waals surface area contributed by atoms with Crippen LogP contribution in [0.1, 0.15) is 19.4 Å². The van der Waals surface area contributed by atoms with Crippen molar-refractivity contribution in [3.63, 3.8) is 0 Å². The minimum absolute atomic E-state index is 0.0747. The van der Waals surface area contributed by atoms with E-state index >= 15 is 0 Å². The van der Waals surface area contributed by atoms with Gasteiger partial charge in [0, 0.05) is 17.8 Å². The van der Waals surface area contributed by atoms with Crippen molar-refractivity contribution in [2.24, 2.45) is 0 Å².